The maximum absolute atomic E-state index is 5.91. The van der Waals surface area contributed by atoms with Crippen molar-refractivity contribution in [2.75, 3.05) is 11.5 Å². The lowest BCUT2D eigenvalue weighted by Crippen LogP contribution is -1.96. The molecule has 0 aliphatic carbocycles. The number of anilines is 1. The predicted octanol–water partition coefficient (Wildman–Crippen LogP) is 3.67. The van der Waals surface area contributed by atoms with E-state index in [4.69, 9.17) is 5.73 Å². The van der Waals surface area contributed by atoms with Gasteiger partial charge in [-0.1, -0.05) is 17.8 Å². The van der Waals surface area contributed by atoms with Gasteiger partial charge in [0, 0.05) is 10.6 Å². The highest BCUT2D eigenvalue weighted by Gasteiger charge is 2.06. The van der Waals surface area contributed by atoms with Crippen LogP contribution >= 0.6 is 34.4 Å². The molecule has 0 saturated heterocycles. The van der Waals surface area contributed by atoms with E-state index in [1.807, 2.05) is 11.4 Å². The van der Waals surface area contributed by atoms with E-state index < -0.39 is 0 Å². The molecule has 18 heavy (non-hydrogen) atoms. The molecule has 0 fully saturated rings. The number of thiophene rings is 2. The first-order valence-electron chi connectivity index (χ1n) is 5.49. The van der Waals surface area contributed by atoms with Crippen LogP contribution in [0, 0.1) is 0 Å². The molecule has 0 aliphatic rings. The van der Waals surface area contributed by atoms with E-state index in [9.17, 15) is 0 Å². The van der Waals surface area contributed by atoms with Crippen LogP contribution in [-0.2, 0) is 6.42 Å². The lowest BCUT2D eigenvalue weighted by molar-refractivity contribution is 1.01. The summed E-state index contributed by atoms with van der Waals surface area (Å²) in [5, 5.41) is 5.84. The van der Waals surface area contributed by atoms with Gasteiger partial charge in [0.2, 0.25) is 0 Å². The monoisotopic (exact) mass is 293 g/mol. The van der Waals surface area contributed by atoms with Crippen LogP contribution in [0.15, 0.2) is 34.1 Å². The van der Waals surface area contributed by atoms with Crippen LogP contribution in [0.3, 0.4) is 0 Å². The average Bonchev–Trinajstić information content (AvgIpc) is 2.99. The number of nitrogens with two attached hydrogens (primary N) is 1. The molecule has 0 saturated carbocycles. The van der Waals surface area contributed by atoms with Crippen molar-refractivity contribution in [1.82, 2.24) is 9.97 Å². The first-order valence-corrected chi connectivity index (χ1v) is 8.23. The van der Waals surface area contributed by atoms with Crippen LogP contribution in [-0.4, -0.2) is 15.7 Å². The van der Waals surface area contributed by atoms with E-state index in [-0.39, 0.29) is 0 Å². The zero-order chi connectivity index (χ0) is 12.4. The highest BCUT2D eigenvalue weighted by molar-refractivity contribution is 7.99. The summed E-state index contributed by atoms with van der Waals surface area (Å²) in [5.41, 5.74) is 5.91. The maximum Gasteiger partial charge on any atom is 0.190 e. The van der Waals surface area contributed by atoms with Gasteiger partial charge in [0.25, 0.3) is 0 Å². The van der Waals surface area contributed by atoms with E-state index in [0.717, 1.165) is 27.5 Å². The molecule has 0 bridgehead atoms. The van der Waals surface area contributed by atoms with E-state index in [1.165, 1.54) is 4.88 Å². The molecule has 3 nitrogen and oxygen atoms in total. The van der Waals surface area contributed by atoms with Crippen LogP contribution < -0.4 is 5.73 Å². The van der Waals surface area contributed by atoms with Gasteiger partial charge >= 0.3 is 0 Å². The Hall–Kier alpha value is -1.11. The molecule has 3 heterocycles. The van der Waals surface area contributed by atoms with Crippen LogP contribution in [0.25, 0.3) is 10.2 Å². The maximum atomic E-state index is 5.91. The van der Waals surface area contributed by atoms with Gasteiger partial charge in [0.1, 0.15) is 10.6 Å². The second-order valence-electron chi connectivity index (χ2n) is 3.71. The molecule has 3 aromatic heterocycles. The minimum absolute atomic E-state index is 0.583. The highest BCUT2D eigenvalue weighted by Crippen LogP contribution is 2.26. The second kappa shape index (κ2) is 5.26. The van der Waals surface area contributed by atoms with Crippen LogP contribution in [0.2, 0.25) is 0 Å². The van der Waals surface area contributed by atoms with E-state index in [1.54, 1.807) is 34.4 Å². The molecule has 0 spiro atoms. The minimum Gasteiger partial charge on any atom is -0.383 e. The number of nitrogen functional groups attached to an aromatic ring is 1. The molecule has 0 amide bonds. The van der Waals surface area contributed by atoms with Crippen molar-refractivity contribution in [2.45, 2.75) is 11.6 Å². The number of rotatable bonds is 4. The zero-order valence-electron chi connectivity index (χ0n) is 9.50. The number of hydrogen-bond donors (Lipinski definition) is 1. The summed E-state index contributed by atoms with van der Waals surface area (Å²) in [6, 6.07) is 6.20. The molecule has 2 N–H and O–H groups in total. The van der Waals surface area contributed by atoms with Gasteiger partial charge in [-0.15, -0.1) is 22.7 Å². The first-order chi connectivity index (χ1) is 8.83. The highest BCUT2D eigenvalue weighted by atomic mass is 32.2. The van der Waals surface area contributed by atoms with Crippen molar-refractivity contribution in [3.8, 4) is 0 Å². The molecule has 0 radical (unpaired) electrons. The molecule has 0 unspecified atom stereocenters. The summed E-state index contributed by atoms with van der Waals surface area (Å²) in [5.74, 6) is 1.57. The number of hydrogen-bond acceptors (Lipinski definition) is 6. The summed E-state index contributed by atoms with van der Waals surface area (Å²) in [6.45, 7) is 0. The zero-order valence-corrected chi connectivity index (χ0v) is 11.9. The van der Waals surface area contributed by atoms with Crippen molar-refractivity contribution in [3.63, 3.8) is 0 Å². The van der Waals surface area contributed by atoms with Gasteiger partial charge < -0.3 is 5.73 Å². The smallest absolute Gasteiger partial charge is 0.190 e. The van der Waals surface area contributed by atoms with Gasteiger partial charge in [0.15, 0.2) is 5.16 Å². The Labute approximate surface area is 117 Å². The van der Waals surface area contributed by atoms with Gasteiger partial charge in [0.05, 0.1) is 5.39 Å². The van der Waals surface area contributed by atoms with Crippen molar-refractivity contribution in [1.29, 1.82) is 0 Å². The van der Waals surface area contributed by atoms with E-state index >= 15 is 0 Å². The van der Waals surface area contributed by atoms with Crippen molar-refractivity contribution < 1.29 is 0 Å². The van der Waals surface area contributed by atoms with Gasteiger partial charge in [-0.3, -0.25) is 0 Å². The average molecular weight is 293 g/mol. The summed E-state index contributed by atoms with van der Waals surface area (Å²) in [7, 11) is 0. The third-order valence-corrected chi connectivity index (χ3v) is 5.09. The molecule has 3 rings (SSSR count). The molecular weight excluding hydrogens is 282 g/mol. The fourth-order valence-electron chi connectivity index (χ4n) is 1.62. The summed E-state index contributed by atoms with van der Waals surface area (Å²) in [4.78, 5) is 11.2. The lowest BCUT2D eigenvalue weighted by atomic mass is 10.4. The third kappa shape index (κ3) is 2.50. The van der Waals surface area contributed by atoms with Crippen LogP contribution in [0.5, 0.6) is 0 Å². The Balaban J connectivity index is 1.70. The normalized spacial score (nSPS) is 11.1. The number of thioether (sulfide) groups is 1. The Morgan fingerprint density at radius 3 is 2.94 bits per heavy atom. The van der Waals surface area contributed by atoms with E-state index in [0.29, 0.717) is 5.82 Å². The van der Waals surface area contributed by atoms with Gasteiger partial charge in [-0.25, -0.2) is 9.97 Å². The van der Waals surface area contributed by atoms with Crippen molar-refractivity contribution in [2.24, 2.45) is 0 Å². The Morgan fingerprint density at radius 1 is 1.17 bits per heavy atom. The first kappa shape index (κ1) is 12.0. The van der Waals surface area contributed by atoms with Crippen LogP contribution in [0.1, 0.15) is 4.88 Å². The van der Waals surface area contributed by atoms with Crippen molar-refractivity contribution >= 4 is 50.5 Å². The molecule has 3 aromatic rings. The second-order valence-corrected chi connectivity index (χ2v) is 6.70. The lowest BCUT2D eigenvalue weighted by Gasteiger charge is -2.01. The molecule has 0 aliphatic heterocycles. The fraction of sp³-hybridized carbons (Fsp3) is 0.167. The van der Waals surface area contributed by atoms with Gasteiger partial charge in [-0.2, -0.15) is 0 Å². The SMILES string of the molecule is Nc1nc(SCCc2cccs2)nc2sccc12. The third-order valence-electron chi connectivity index (χ3n) is 2.49. The number of nitrogens with zero attached hydrogens (tertiary/aromatic N) is 2. The molecule has 6 heteroatoms. The summed E-state index contributed by atoms with van der Waals surface area (Å²) >= 11 is 5.06. The Kier molecular flexibility index (Phi) is 3.49. The summed E-state index contributed by atoms with van der Waals surface area (Å²) in [6.07, 6.45) is 1.05. The minimum atomic E-state index is 0.583. The Morgan fingerprint density at radius 2 is 2.11 bits per heavy atom. The number of fused-ring (bicyclic) bond motifs is 1. The fourth-order valence-corrected chi connectivity index (χ4v) is 4.11. The van der Waals surface area contributed by atoms with Crippen molar-refractivity contribution in [3.05, 3.63) is 33.8 Å². The molecule has 92 valence electrons. The topological polar surface area (TPSA) is 51.8 Å². The van der Waals surface area contributed by atoms with Gasteiger partial charge in [-0.05, 0) is 29.3 Å². The summed E-state index contributed by atoms with van der Waals surface area (Å²) < 4.78 is 0. The molecule has 0 atom stereocenters. The number of aryl methyl sites for hydroxylation is 1. The molecule has 0 aromatic carbocycles. The largest absolute Gasteiger partial charge is 0.383 e. The van der Waals surface area contributed by atoms with Crippen LogP contribution in [0.4, 0.5) is 5.82 Å². The number of aromatic nitrogens is 2. The molecular formula is C12H11N3S3. The quantitative estimate of drug-likeness (QED) is 0.589. The standard InChI is InChI=1S/C12H11N3S3/c13-10-9-4-7-17-11(9)15-12(14-10)18-6-3-8-2-1-5-16-8/h1-2,4-5,7H,3,6H2,(H2,13,14,15). The predicted molar refractivity (Wildman–Crippen MR) is 80.6 cm³/mol. The van der Waals surface area contributed by atoms with E-state index in [2.05, 4.69) is 27.5 Å². The Bertz CT molecular complexity index is 646.